The van der Waals surface area contributed by atoms with Gasteiger partial charge < -0.3 is 11.1 Å². The topological polar surface area (TPSA) is 72.9 Å². The number of anilines is 1. The number of rotatable bonds is 9. The molecule has 1 aromatic heterocycles. The number of carbonyl (C=O) groups is 1. The van der Waals surface area contributed by atoms with Gasteiger partial charge in [0, 0.05) is 12.6 Å². The van der Waals surface area contributed by atoms with Crippen molar-refractivity contribution < 1.29 is 13.6 Å². The van der Waals surface area contributed by atoms with Gasteiger partial charge in [-0.15, -0.1) is 12.4 Å². The lowest BCUT2D eigenvalue weighted by molar-refractivity contribution is -0.116. The summed E-state index contributed by atoms with van der Waals surface area (Å²) < 4.78 is 25.3. The van der Waals surface area contributed by atoms with E-state index in [4.69, 9.17) is 5.73 Å². The van der Waals surface area contributed by atoms with Gasteiger partial charge in [-0.2, -0.15) is 5.10 Å². The van der Waals surface area contributed by atoms with Crippen LogP contribution in [0.4, 0.5) is 14.5 Å². The third-order valence-electron chi connectivity index (χ3n) is 2.60. The Balaban J connectivity index is 0.00000361. The fraction of sp³-hybridized carbons (Fsp3) is 0.667. The van der Waals surface area contributed by atoms with Crippen LogP contribution in [0.1, 0.15) is 32.1 Å². The van der Waals surface area contributed by atoms with Crippen LogP contribution >= 0.6 is 12.4 Å². The first kappa shape index (κ1) is 18.8. The normalized spacial score (nSPS) is 10.4. The van der Waals surface area contributed by atoms with E-state index in [1.807, 2.05) is 0 Å². The van der Waals surface area contributed by atoms with E-state index in [0.717, 1.165) is 30.4 Å². The van der Waals surface area contributed by atoms with Crippen LogP contribution in [0.25, 0.3) is 0 Å². The van der Waals surface area contributed by atoms with Crippen molar-refractivity contribution in [3.8, 4) is 0 Å². The number of nitrogens with two attached hydrogens (primary N) is 1. The van der Waals surface area contributed by atoms with E-state index in [2.05, 4.69) is 10.4 Å². The molecule has 20 heavy (non-hydrogen) atoms. The van der Waals surface area contributed by atoms with Crippen molar-refractivity contribution in [3.05, 3.63) is 12.4 Å². The Kier molecular flexibility index (Phi) is 9.92. The van der Waals surface area contributed by atoms with Crippen molar-refractivity contribution in [2.24, 2.45) is 5.73 Å². The van der Waals surface area contributed by atoms with Crippen molar-refractivity contribution in [2.75, 3.05) is 11.9 Å². The van der Waals surface area contributed by atoms with Crippen LogP contribution in [0.2, 0.25) is 0 Å². The van der Waals surface area contributed by atoms with Crippen LogP contribution in [0.15, 0.2) is 12.4 Å². The number of carbonyl (C=O) groups excluding carboxylic acids is 1. The maximum atomic E-state index is 12.1. The summed E-state index contributed by atoms with van der Waals surface area (Å²) in [5.41, 5.74) is 5.82. The van der Waals surface area contributed by atoms with E-state index >= 15 is 0 Å². The second-order valence-electron chi connectivity index (χ2n) is 4.34. The average Bonchev–Trinajstić information content (AvgIpc) is 2.75. The molecule has 0 atom stereocenters. The smallest absolute Gasteiger partial charge is 0.257 e. The van der Waals surface area contributed by atoms with Crippen LogP contribution in [0, 0.1) is 0 Å². The van der Waals surface area contributed by atoms with Crippen LogP contribution < -0.4 is 11.1 Å². The van der Waals surface area contributed by atoms with E-state index in [1.54, 1.807) is 0 Å². The summed E-state index contributed by atoms with van der Waals surface area (Å²) in [5, 5.41) is 6.37. The molecule has 0 unspecified atom stereocenters. The first-order chi connectivity index (χ1) is 9.11. The number of amides is 1. The molecule has 0 aromatic carbocycles. The van der Waals surface area contributed by atoms with Crippen molar-refractivity contribution in [2.45, 2.75) is 45.1 Å². The molecule has 116 valence electrons. The second-order valence-corrected chi connectivity index (χ2v) is 4.34. The van der Waals surface area contributed by atoms with Crippen LogP contribution in [0.5, 0.6) is 0 Å². The molecule has 8 heteroatoms. The fourth-order valence-corrected chi connectivity index (χ4v) is 1.68. The second kappa shape index (κ2) is 10.6. The number of hydrogen-bond donors (Lipinski definition) is 2. The van der Waals surface area contributed by atoms with Gasteiger partial charge in [0.25, 0.3) is 6.43 Å². The van der Waals surface area contributed by atoms with Crippen LogP contribution in [0.3, 0.4) is 0 Å². The number of unbranched alkanes of at least 4 members (excludes halogenated alkanes) is 3. The number of halogens is 3. The van der Waals surface area contributed by atoms with E-state index < -0.39 is 13.0 Å². The highest BCUT2D eigenvalue weighted by atomic mass is 35.5. The molecule has 0 spiro atoms. The number of aromatic nitrogens is 2. The molecule has 5 nitrogen and oxygen atoms in total. The SMILES string of the molecule is Cl.NCCCCCCC(=O)Nc1cnn(CC(F)F)c1. The summed E-state index contributed by atoms with van der Waals surface area (Å²) in [6, 6.07) is 0. The van der Waals surface area contributed by atoms with Crippen molar-refractivity contribution >= 4 is 24.0 Å². The Bertz CT molecular complexity index is 387. The number of nitrogens with one attached hydrogen (secondary N) is 1. The van der Waals surface area contributed by atoms with Gasteiger partial charge in [0.05, 0.1) is 11.9 Å². The predicted molar refractivity (Wildman–Crippen MR) is 76.2 cm³/mol. The van der Waals surface area contributed by atoms with E-state index in [9.17, 15) is 13.6 Å². The molecule has 1 amide bonds. The fourth-order valence-electron chi connectivity index (χ4n) is 1.68. The summed E-state index contributed by atoms with van der Waals surface area (Å²) in [6.45, 7) is 0.213. The van der Waals surface area contributed by atoms with Gasteiger partial charge in [0.1, 0.15) is 6.54 Å². The largest absolute Gasteiger partial charge is 0.330 e. The third kappa shape index (κ3) is 8.06. The summed E-state index contributed by atoms with van der Waals surface area (Å²) in [5.74, 6) is -0.121. The van der Waals surface area contributed by atoms with E-state index in [0.29, 0.717) is 18.7 Å². The van der Waals surface area contributed by atoms with Gasteiger partial charge in [-0.25, -0.2) is 8.78 Å². The van der Waals surface area contributed by atoms with Gasteiger partial charge >= 0.3 is 0 Å². The minimum Gasteiger partial charge on any atom is -0.330 e. The summed E-state index contributed by atoms with van der Waals surface area (Å²) in [6.07, 6.45) is 4.51. The Morgan fingerprint density at radius 3 is 2.70 bits per heavy atom. The lowest BCUT2D eigenvalue weighted by Crippen LogP contribution is -2.11. The van der Waals surface area contributed by atoms with Crippen LogP contribution in [-0.4, -0.2) is 28.7 Å². The lowest BCUT2D eigenvalue weighted by atomic mass is 10.1. The molecule has 1 rings (SSSR count). The third-order valence-corrected chi connectivity index (χ3v) is 2.60. The summed E-state index contributed by atoms with van der Waals surface area (Å²) in [4.78, 5) is 11.6. The molecular formula is C12H21ClF2N4O. The minimum absolute atomic E-state index is 0. The highest BCUT2D eigenvalue weighted by Crippen LogP contribution is 2.09. The first-order valence-electron chi connectivity index (χ1n) is 6.42. The molecule has 0 radical (unpaired) electrons. The maximum absolute atomic E-state index is 12.1. The van der Waals surface area contributed by atoms with Gasteiger partial charge in [-0.05, 0) is 19.4 Å². The number of alkyl halides is 2. The molecular weight excluding hydrogens is 290 g/mol. The maximum Gasteiger partial charge on any atom is 0.257 e. The Morgan fingerprint density at radius 2 is 2.05 bits per heavy atom. The first-order valence-corrected chi connectivity index (χ1v) is 6.42. The number of hydrogen-bond acceptors (Lipinski definition) is 3. The minimum atomic E-state index is -2.45. The molecule has 0 saturated heterocycles. The Hall–Kier alpha value is -1.21. The molecule has 1 aromatic rings. The lowest BCUT2D eigenvalue weighted by Gasteiger charge is -2.02. The zero-order valence-electron chi connectivity index (χ0n) is 11.2. The monoisotopic (exact) mass is 310 g/mol. The quantitative estimate of drug-likeness (QED) is 0.688. The van der Waals surface area contributed by atoms with E-state index in [-0.39, 0.29) is 18.3 Å². The number of nitrogens with zero attached hydrogens (tertiary/aromatic N) is 2. The van der Waals surface area contributed by atoms with Gasteiger partial charge in [0.15, 0.2) is 0 Å². The summed E-state index contributed by atoms with van der Waals surface area (Å²) in [7, 11) is 0. The van der Waals surface area contributed by atoms with Gasteiger partial charge in [-0.1, -0.05) is 12.8 Å². The Morgan fingerprint density at radius 1 is 1.35 bits per heavy atom. The zero-order chi connectivity index (χ0) is 14.1. The predicted octanol–water partition coefficient (Wildman–Crippen LogP) is 2.42. The highest BCUT2D eigenvalue weighted by Gasteiger charge is 2.07. The molecule has 0 bridgehead atoms. The van der Waals surface area contributed by atoms with Gasteiger partial charge in [0.2, 0.25) is 5.91 Å². The highest BCUT2D eigenvalue weighted by molar-refractivity contribution is 5.90. The van der Waals surface area contributed by atoms with Gasteiger partial charge in [-0.3, -0.25) is 9.48 Å². The molecule has 1 heterocycles. The standard InChI is InChI=1S/C12H20F2N4O.ClH/c13-11(14)9-18-8-10(7-16-18)17-12(19)5-3-1-2-4-6-15;/h7-8,11H,1-6,9,15H2,(H,17,19);1H. The zero-order valence-corrected chi connectivity index (χ0v) is 12.0. The van der Waals surface area contributed by atoms with Crippen molar-refractivity contribution in [3.63, 3.8) is 0 Å². The Labute approximate surface area is 123 Å². The molecule has 3 N–H and O–H groups in total. The summed E-state index contributed by atoms with van der Waals surface area (Å²) >= 11 is 0. The van der Waals surface area contributed by atoms with Crippen molar-refractivity contribution in [1.29, 1.82) is 0 Å². The van der Waals surface area contributed by atoms with Crippen molar-refractivity contribution in [1.82, 2.24) is 9.78 Å². The molecule has 0 fully saturated rings. The van der Waals surface area contributed by atoms with E-state index in [1.165, 1.54) is 12.4 Å². The van der Waals surface area contributed by atoms with Crippen LogP contribution in [-0.2, 0) is 11.3 Å². The molecule has 0 aliphatic heterocycles. The molecule has 0 aliphatic rings. The molecule has 0 saturated carbocycles. The molecule has 0 aliphatic carbocycles. The average molecular weight is 311 g/mol.